The van der Waals surface area contributed by atoms with Gasteiger partial charge in [-0.15, -0.1) is 0 Å². The van der Waals surface area contributed by atoms with Crippen molar-refractivity contribution in [2.75, 3.05) is 18.0 Å². The van der Waals surface area contributed by atoms with E-state index >= 15 is 0 Å². The van der Waals surface area contributed by atoms with Gasteiger partial charge in [-0.3, -0.25) is 13.9 Å². The molecular weight excluding hydrogens is 646 g/mol. The van der Waals surface area contributed by atoms with Gasteiger partial charge in [0, 0.05) is 24.0 Å². The molecule has 0 spiro atoms. The molecule has 1 atom stereocenters. The van der Waals surface area contributed by atoms with Crippen molar-refractivity contribution in [2.45, 2.75) is 69.5 Å². The summed E-state index contributed by atoms with van der Waals surface area (Å²) in [5, 5.41) is 3.48. The zero-order valence-corrected chi connectivity index (χ0v) is 29.1. The lowest BCUT2D eigenvalue weighted by atomic mass is 10.0. The minimum absolute atomic E-state index is 0.00738. The Morgan fingerprint density at radius 3 is 2.23 bits per heavy atom. The standard InChI is InChI=1S/C38H42ClN3O5S/c1-27-16-19-33(20-17-27)48(45,46)42(34-24-31(39)18-21-36(34)47-3)26-37(43)41(25-30-13-9-10-28(2)22-30)35(23-29-11-5-4-6-12-29)38(44)40-32-14-7-8-15-32/h4-6,9-13,16-22,24,32,35H,7-8,14-15,23,25-26H2,1-3H3,(H,40,44)/t35-/m0/s1. The first-order chi connectivity index (χ1) is 23.0. The van der Waals surface area contributed by atoms with E-state index in [2.05, 4.69) is 5.32 Å². The van der Waals surface area contributed by atoms with Crippen LogP contribution in [0.2, 0.25) is 5.02 Å². The number of methoxy groups -OCH3 is 1. The van der Waals surface area contributed by atoms with Crippen molar-refractivity contribution >= 4 is 39.1 Å². The number of halogens is 1. The molecule has 4 aromatic rings. The molecule has 1 aliphatic carbocycles. The van der Waals surface area contributed by atoms with E-state index in [1.165, 1.54) is 30.2 Å². The third-order valence-electron chi connectivity index (χ3n) is 8.71. The van der Waals surface area contributed by atoms with E-state index in [1.807, 2.05) is 68.4 Å². The first-order valence-corrected chi connectivity index (χ1v) is 18.0. The van der Waals surface area contributed by atoms with Gasteiger partial charge in [0.15, 0.2) is 0 Å². The zero-order chi connectivity index (χ0) is 34.3. The molecular formula is C38H42ClN3O5S. The number of anilines is 1. The highest BCUT2D eigenvalue weighted by molar-refractivity contribution is 7.92. The summed E-state index contributed by atoms with van der Waals surface area (Å²) in [7, 11) is -2.88. The average Bonchev–Trinajstić information content (AvgIpc) is 3.58. The minimum Gasteiger partial charge on any atom is -0.495 e. The lowest BCUT2D eigenvalue weighted by Gasteiger charge is -2.34. The number of hydrogen-bond donors (Lipinski definition) is 1. The number of sulfonamides is 1. The number of aryl methyl sites for hydroxylation is 2. The number of ether oxygens (including phenoxy) is 1. The van der Waals surface area contributed by atoms with Crippen molar-refractivity contribution in [2.24, 2.45) is 0 Å². The molecule has 1 saturated carbocycles. The fourth-order valence-electron chi connectivity index (χ4n) is 6.14. The van der Waals surface area contributed by atoms with Crippen LogP contribution in [0.4, 0.5) is 5.69 Å². The van der Waals surface area contributed by atoms with E-state index in [0.717, 1.165) is 52.2 Å². The minimum atomic E-state index is -4.31. The first kappa shape index (κ1) is 35.0. The number of nitrogens with one attached hydrogen (secondary N) is 1. The largest absolute Gasteiger partial charge is 0.495 e. The molecule has 0 unspecified atom stereocenters. The van der Waals surface area contributed by atoms with Crippen molar-refractivity contribution in [3.05, 3.63) is 124 Å². The fourth-order valence-corrected chi connectivity index (χ4v) is 7.72. The van der Waals surface area contributed by atoms with Crippen molar-refractivity contribution in [1.82, 2.24) is 10.2 Å². The van der Waals surface area contributed by atoms with Crippen LogP contribution in [0.1, 0.15) is 47.9 Å². The van der Waals surface area contributed by atoms with Gasteiger partial charge in [-0.25, -0.2) is 8.42 Å². The van der Waals surface area contributed by atoms with Crippen LogP contribution in [0.25, 0.3) is 0 Å². The molecule has 0 saturated heterocycles. The summed E-state index contributed by atoms with van der Waals surface area (Å²) < 4.78 is 35.4. The van der Waals surface area contributed by atoms with Gasteiger partial charge in [-0.05, 0) is 68.1 Å². The molecule has 0 radical (unpaired) electrons. The van der Waals surface area contributed by atoms with Gasteiger partial charge in [-0.1, -0.05) is 102 Å². The van der Waals surface area contributed by atoms with Gasteiger partial charge in [0.2, 0.25) is 11.8 Å². The number of benzene rings is 4. The summed E-state index contributed by atoms with van der Waals surface area (Å²) >= 11 is 6.39. The molecule has 0 aromatic heterocycles. The molecule has 0 bridgehead atoms. The van der Waals surface area contributed by atoms with Gasteiger partial charge in [0.25, 0.3) is 10.0 Å². The molecule has 1 N–H and O–H groups in total. The van der Waals surface area contributed by atoms with E-state index in [-0.39, 0.29) is 46.3 Å². The van der Waals surface area contributed by atoms with E-state index in [4.69, 9.17) is 16.3 Å². The van der Waals surface area contributed by atoms with Crippen LogP contribution >= 0.6 is 11.6 Å². The lowest BCUT2D eigenvalue weighted by Crippen LogP contribution is -2.54. The molecule has 1 aliphatic rings. The molecule has 10 heteroatoms. The van der Waals surface area contributed by atoms with Crippen LogP contribution in [-0.2, 0) is 32.6 Å². The van der Waals surface area contributed by atoms with E-state index in [1.54, 1.807) is 24.3 Å². The van der Waals surface area contributed by atoms with Gasteiger partial charge in [0.05, 0.1) is 17.7 Å². The van der Waals surface area contributed by atoms with Gasteiger partial charge in [-0.2, -0.15) is 0 Å². The summed E-state index contributed by atoms with van der Waals surface area (Å²) in [4.78, 5) is 30.5. The molecule has 2 amide bonds. The maximum absolute atomic E-state index is 14.8. The predicted octanol–water partition coefficient (Wildman–Crippen LogP) is 6.86. The van der Waals surface area contributed by atoms with Crippen LogP contribution in [0.3, 0.4) is 0 Å². The Labute approximate surface area is 288 Å². The first-order valence-electron chi connectivity index (χ1n) is 16.2. The van der Waals surface area contributed by atoms with Crippen molar-refractivity contribution < 1.29 is 22.7 Å². The third kappa shape index (κ3) is 8.57. The Morgan fingerprint density at radius 2 is 1.56 bits per heavy atom. The topological polar surface area (TPSA) is 96.0 Å². The number of carbonyl (C=O) groups is 2. The second-order valence-corrected chi connectivity index (χ2v) is 14.6. The Morgan fingerprint density at radius 1 is 0.875 bits per heavy atom. The zero-order valence-electron chi connectivity index (χ0n) is 27.6. The van der Waals surface area contributed by atoms with Gasteiger partial charge < -0.3 is 15.0 Å². The molecule has 48 heavy (non-hydrogen) atoms. The SMILES string of the molecule is COc1ccc(Cl)cc1N(CC(=O)N(Cc1cccc(C)c1)[C@@H](Cc1ccccc1)C(=O)NC1CCCC1)S(=O)(=O)c1ccc(C)cc1. The Bertz CT molecular complexity index is 1830. The second kappa shape index (κ2) is 15.7. The van der Waals surface area contributed by atoms with E-state index < -0.39 is 28.5 Å². The predicted molar refractivity (Wildman–Crippen MR) is 190 cm³/mol. The second-order valence-electron chi connectivity index (χ2n) is 12.3. The number of carbonyl (C=O) groups excluding carboxylic acids is 2. The van der Waals surface area contributed by atoms with Crippen LogP contribution in [0.5, 0.6) is 5.75 Å². The normalized spacial score (nSPS) is 13.9. The van der Waals surface area contributed by atoms with E-state index in [9.17, 15) is 18.0 Å². The molecule has 8 nitrogen and oxygen atoms in total. The van der Waals surface area contributed by atoms with Crippen LogP contribution in [-0.4, -0.2) is 50.9 Å². The number of amides is 2. The number of rotatable bonds is 13. The monoisotopic (exact) mass is 687 g/mol. The van der Waals surface area contributed by atoms with Crippen molar-refractivity contribution in [1.29, 1.82) is 0 Å². The Balaban J connectivity index is 1.60. The third-order valence-corrected chi connectivity index (χ3v) is 10.7. The van der Waals surface area contributed by atoms with Crippen molar-refractivity contribution in [3.63, 3.8) is 0 Å². The average molecular weight is 688 g/mol. The molecule has 0 aliphatic heterocycles. The van der Waals surface area contributed by atoms with Gasteiger partial charge in [0.1, 0.15) is 18.3 Å². The smallest absolute Gasteiger partial charge is 0.264 e. The van der Waals surface area contributed by atoms with Crippen LogP contribution in [0.15, 0.2) is 102 Å². The lowest BCUT2D eigenvalue weighted by molar-refractivity contribution is -0.140. The highest BCUT2D eigenvalue weighted by Gasteiger charge is 2.36. The quantitative estimate of drug-likeness (QED) is 0.166. The number of nitrogens with zero attached hydrogens (tertiary/aromatic N) is 2. The molecule has 0 heterocycles. The van der Waals surface area contributed by atoms with E-state index in [0.29, 0.717) is 0 Å². The molecule has 252 valence electrons. The molecule has 4 aromatic carbocycles. The summed E-state index contributed by atoms with van der Waals surface area (Å²) in [6, 6.07) is 27.5. The highest BCUT2D eigenvalue weighted by atomic mass is 35.5. The summed E-state index contributed by atoms with van der Waals surface area (Å²) in [5.41, 5.74) is 3.71. The summed E-state index contributed by atoms with van der Waals surface area (Å²) in [6.45, 7) is 3.33. The van der Waals surface area contributed by atoms with Crippen LogP contribution < -0.4 is 14.4 Å². The summed E-state index contributed by atoms with van der Waals surface area (Å²) in [6.07, 6.45) is 4.09. The Hall–Kier alpha value is -4.34. The van der Waals surface area contributed by atoms with Crippen molar-refractivity contribution in [3.8, 4) is 5.75 Å². The summed E-state index contributed by atoms with van der Waals surface area (Å²) in [5.74, 6) is -0.579. The highest BCUT2D eigenvalue weighted by Crippen LogP contribution is 2.35. The van der Waals surface area contributed by atoms with Crippen LogP contribution in [0, 0.1) is 13.8 Å². The maximum atomic E-state index is 14.8. The number of hydrogen-bond acceptors (Lipinski definition) is 5. The fraction of sp³-hybridized carbons (Fsp3) is 0.316. The molecule has 5 rings (SSSR count). The maximum Gasteiger partial charge on any atom is 0.264 e. The van der Waals surface area contributed by atoms with Gasteiger partial charge >= 0.3 is 0 Å². The molecule has 1 fully saturated rings. The Kier molecular flexibility index (Phi) is 11.4.